The minimum Gasteiger partial charge on any atom is -0.451 e. The van der Waals surface area contributed by atoms with Gasteiger partial charge in [0.05, 0.1) is 5.69 Å². The van der Waals surface area contributed by atoms with E-state index in [0.717, 1.165) is 28.0 Å². The number of esters is 1. The molecule has 0 radical (unpaired) electrons. The minimum absolute atomic E-state index is 0.218. The zero-order chi connectivity index (χ0) is 18.8. The van der Waals surface area contributed by atoms with Gasteiger partial charge in [-0.1, -0.05) is 0 Å². The number of thiophene rings is 1. The number of hydrogen-bond acceptors (Lipinski definition) is 6. The lowest BCUT2D eigenvalue weighted by Gasteiger charge is -2.06. The Morgan fingerprint density at radius 2 is 1.96 bits per heavy atom. The molecule has 2 aromatic heterocycles. The molecule has 1 aromatic carbocycles. The van der Waals surface area contributed by atoms with Crippen LogP contribution in [0.3, 0.4) is 0 Å². The number of halogens is 1. The number of ether oxygens (including phenoxy) is 1. The normalized spacial score (nSPS) is 10.7. The van der Waals surface area contributed by atoms with E-state index in [1.807, 2.05) is 19.9 Å². The number of carbonyl (C=O) groups is 2. The number of nitrogen functional groups attached to an aromatic ring is 1. The average Bonchev–Trinajstić information content (AvgIpc) is 2.91. The molecule has 3 N–H and O–H groups in total. The Balaban J connectivity index is 1.69. The third-order valence-corrected chi connectivity index (χ3v) is 4.75. The number of benzene rings is 1. The summed E-state index contributed by atoms with van der Waals surface area (Å²) >= 11 is 1.13. The highest BCUT2D eigenvalue weighted by Crippen LogP contribution is 2.35. The number of nitrogens with zero attached hydrogens (tertiary/aromatic N) is 1. The number of nitrogens with two attached hydrogens (primary N) is 1. The second kappa shape index (κ2) is 7.09. The zero-order valence-corrected chi connectivity index (χ0v) is 14.9. The van der Waals surface area contributed by atoms with Gasteiger partial charge in [0.2, 0.25) is 0 Å². The Kier molecular flexibility index (Phi) is 4.85. The van der Waals surface area contributed by atoms with Crippen molar-refractivity contribution in [2.75, 3.05) is 17.7 Å². The fourth-order valence-corrected chi connectivity index (χ4v) is 3.66. The number of aryl methyl sites for hydroxylation is 2. The molecular weight excluding hydrogens is 357 g/mol. The number of hydrogen-bond donors (Lipinski definition) is 2. The van der Waals surface area contributed by atoms with Crippen molar-refractivity contribution in [3.05, 3.63) is 52.3 Å². The maximum absolute atomic E-state index is 12.8. The molecule has 6 nitrogen and oxygen atoms in total. The van der Waals surface area contributed by atoms with Crippen LogP contribution in [0.2, 0.25) is 0 Å². The molecule has 0 spiro atoms. The number of fused-ring (bicyclic) bond motifs is 1. The fraction of sp³-hybridized carbons (Fsp3) is 0.167. The molecular formula is C18H16FN3O3S. The zero-order valence-electron chi connectivity index (χ0n) is 14.1. The SMILES string of the molecule is Cc1cc(C)c2c(N)c(C(=O)OCC(=O)Nc3ccc(F)cc3)sc2n1. The van der Waals surface area contributed by atoms with Gasteiger partial charge < -0.3 is 15.8 Å². The molecule has 0 fully saturated rings. The number of pyridine rings is 1. The van der Waals surface area contributed by atoms with Crippen LogP contribution >= 0.6 is 11.3 Å². The molecule has 0 aliphatic carbocycles. The highest BCUT2D eigenvalue weighted by atomic mass is 32.1. The first-order valence-electron chi connectivity index (χ1n) is 7.74. The van der Waals surface area contributed by atoms with E-state index in [1.165, 1.54) is 24.3 Å². The van der Waals surface area contributed by atoms with Gasteiger partial charge in [-0.2, -0.15) is 0 Å². The van der Waals surface area contributed by atoms with Crippen LogP contribution in [-0.2, 0) is 9.53 Å². The molecule has 0 bridgehead atoms. The number of nitrogens with one attached hydrogen (secondary N) is 1. The van der Waals surface area contributed by atoms with Crippen LogP contribution in [0.5, 0.6) is 0 Å². The molecule has 2 heterocycles. The Morgan fingerprint density at radius 1 is 1.27 bits per heavy atom. The van der Waals surface area contributed by atoms with Gasteiger partial charge in [0, 0.05) is 16.8 Å². The van der Waals surface area contributed by atoms with Crippen LogP contribution in [0.15, 0.2) is 30.3 Å². The summed E-state index contributed by atoms with van der Waals surface area (Å²) in [6.07, 6.45) is 0. The standard InChI is InChI=1S/C18H16FN3O3S/c1-9-7-10(2)21-17-14(9)15(20)16(26-17)18(24)25-8-13(23)22-12-5-3-11(19)4-6-12/h3-7H,8,20H2,1-2H3,(H,22,23). The van der Waals surface area contributed by atoms with Crippen molar-refractivity contribution in [1.29, 1.82) is 0 Å². The largest absolute Gasteiger partial charge is 0.451 e. The topological polar surface area (TPSA) is 94.3 Å². The predicted octanol–water partition coefficient (Wildman–Crippen LogP) is 3.43. The molecule has 0 aliphatic heterocycles. The Bertz CT molecular complexity index is 999. The van der Waals surface area contributed by atoms with Gasteiger partial charge in [-0.3, -0.25) is 4.79 Å². The summed E-state index contributed by atoms with van der Waals surface area (Å²) < 4.78 is 17.9. The van der Waals surface area contributed by atoms with Crippen LogP contribution in [0.1, 0.15) is 20.9 Å². The molecule has 0 saturated carbocycles. The first-order valence-corrected chi connectivity index (χ1v) is 8.55. The summed E-state index contributed by atoms with van der Waals surface area (Å²) in [7, 11) is 0. The van der Waals surface area contributed by atoms with E-state index >= 15 is 0 Å². The van der Waals surface area contributed by atoms with Gasteiger partial charge in [-0.25, -0.2) is 14.2 Å². The van der Waals surface area contributed by atoms with E-state index in [-0.39, 0.29) is 4.88 Å². The fourth-order valence-electron chi connectivity index (χ4n) is 2.55. The molecule has 0 atom stereocenters. The van der Waals surface area contributed by atoms with Gasteiger partial charge >= 0.3 is 5.97 Å². The molecule has 1 amide bonds. The molecule has 0 saturated heterocycles. The summed E-state index contributed by atoms with van der Waals surface area (Å²) in [6.45, 7) is 3.28. The van der Waals surface area contributed by atoms with Gasteiger partial charge in [0.1, 0.15) is 15.5 Å². The number of rotatable bonds is 4. The molecule has 3 aromatic rings. The molecule has 134 valence electrons. The average molecular weight is 373 g/mol. The summed E-state index contributed by atoms with van der Waals surface area (Å²) in [5, 5.41) is 3.24. The predicted molar refractivity (Wildman–Crippen MR) is 98.8 cm³/mol. The van der Waals surface area contributed by atoms with Gasteiger partial charge in [-0.05, 0) is 49.7 Å². The Labute approximate surface area is 152 Å². The molecule has 0 unspecified atom stereocenters. The first kappa shape index (κ1) is 17.8. The first-order chi connectivity index (χ1) is 12.3. The van der Waals surface area contributed by atoms with Crippen molar-refractivity contribution in [2.45, 2.75) is 13.8 Å². The smallest absolute Gasteiger partial charge is 0.351 e. The minimum atomic E-state index is -0.684. The lowest BCUT2D eigenvalue weighted by atomic mass is 10.1. The second-order valence-electron chi connectivity index (χ2n) is 5.74. The Morgan fingerprint density at radius 3 is 2.65 bits per heavy atom. The third-order valence-electron chi connectivity index (χ3n) is 3.67. The quantitative estimate of drug-likeness (QED) is 0.683. The van der Waals surface area contributed by atoms with Crippen LogP contribution in [0.25, 0.3) is 10.2 Å². The molecule has 0 aliphatic rings. The second-order valence-corrected chi connectivity index (χ2v) is 6.74. The third kappa shape index (κ3) is 3.65. The van der Waals surface area contributed by atoms with Crippen molar-refractivity contribution in [3.8, 4) is 0 Å². The maximum Gasteiger partial charge on any atom is 0.351 e. The number of carbonyl (C=O) groups excluding carboxylic acids is 2. The molecule has 8 heteroatoms. The van der Waals surface area contributed by atoms with Crippen LogP contribution in [-0.4, -0.2) is 23.5 Å². The summed E-state index contributed by atoms with van der Waals surface area (Å²) in [5.41, 5.74) is 8.53. The van der Waals surface area contributed by atoms with E-state index in [0.29, 0.717) is 16.2 Å². The maximum atomic E-state index is 12.8. The summed E-state index contributed by atoms with van der Waals surface area (Å²) in [4.78, 5) is 29.4. The summed E-state index contributed by atoms with van der Waals surface area (Å²) in [6, 6.07) is 7.15. The van der Waals surface area contributed by atoms with Gasteiger partial charge in [0.15, 0.2) is 6.61 Å². The highest BCUT2D eigenvalue weighted by molar-refractivity contribution is 7.21. The van der Waals surface area contributed by atoms with Crippen LogP contribution < -0.4 is 11.1 Å². The summed E-state index contributed by atoms with van der Waals surface area (Å²) in [5.74, 6) is -1.62. The van der Waals surface area contributed by atoms with E-state index < -0.39 is 24.3 Å². The van der Waals surface area contributed by atoms with E-state index in [1.54, 1.807) is 0 Å². The van der Waals surface area contributed by atoms with E-state index in [2.05, 4.69) is 10.3 Å². The van der Waals surface area contributed by atoms with Gasteiger partial charge in [0.25, 0.3) is 5.91 Å². The molecule has 3 rings (SSSR count). The van der Waals surface area contributed by atoms with Crippen molar-refractivity contribution in [1.82, 2.24) is 4.98 Å². The van der Waals surface area contributed by atoms with Gasteiger partial charge in [-0.15, -0.1) is 11.3 Å². The number of amides is 1. The van der Waals surface area contributed by atoms with E-state index in [4.69, 9.17) is 10.5 Å². The lowest BCUT2D eigenvalue weighted by molar-refractivity contribution is -0.119. The molecule has 26 heavy (non-hydrogen) atoms. The van der Waals surface area contributed by atoms with Crippen molar-refractivity contribution < 1.29 is 18.7 Å². The number of anilines is 2. The van der Waals surface area contributed by atoms with E-state index in [9.17, 15) is 14.0 Å². The van der Waals surface area contributed by atoms with Crippen molar-refractivity contribution in [2.24, 2.45) is 0 Å². The monoisotopic (exact) mass is 373 g/mol. The Hall–Kier alpha value is -3.00. The van der Waals surface area contributed by atoms with Crippen LogP contribution in [0.4, 0.5) is 15.8 Å². The van der Waals surface area contributed by atoms with Crippen LogP contribution in [0, 0.1) is 19.7 Å². The van der Waals surface area contributed by atoms with Crippen molar-refractivity contribution in [3.63, 3.8) is 0 Å². The highest BCUT2D eigenvalue weighted by Gasteiger charge is 2.21. The lowest BCUT2D eigenvalue weighted by Crippen LogP contribution is -2.20. The number of aromatic nitrogens is 1. The van der Waals surface area contributed by atoms with Crippen molar-refractivity contribution >= 4 is 44.8 Å².